The van der Waals surface area contributed by atoms with Crippen LogP contribution < -0.4 is 5.32 Å². The van der Waals surface area contributed by atoms with E-state index in [4.69, 9.17) is 4.42 Å². The van der Waals surface area contributed by atoms with Gasteiger partial charge >= 0.3 is 0 Å². The highest BCUT2D eigenvalue weighted by Crippen LogP contribution is 2.20. The van der Waals surface area contributed by atoms with Gasteiger partial charge in [0.2, 0.25) is 0 Å². The number of hydrogen-bond acceptors (Lipinski definition) is 2. The Balaban J connectivity index is 2.23. The summed E-state index contributed by atoms with van der Waals surface area (Å²) in [5, 5.41) is 5.20. The minimum absolute atomic E-state index is 0.201. The molecule has 1 aromatic heterocycles. The number of amides is 1. The van der Waals surface area contributed by atoms with E-state index in [-0.39, 0.29) is 11.4 Å². The van der Waals surface area contributed by atoms with Crippen LogP contribution in [0.25, 0.3) is 11.0 Å². The Morgan fingerprint density at radius 3 is 2.61 bits per heavy atom. The Morgan fingerprint density at radius 2 is 2.00 bits per heavy atom. The maximum Gasteiger partial charge on any atom is 0.287 e. The minimum atomic E-state index is -0.337. The molecule has 0 spiro atoms. The molecule has 0 fully saturated rings. The van der Waals surface area contributed by atoms with Gasteiger partial charge in [0.15, 0.2) is 5.76 Å². The molecule has 0 radical (unpaired) electrons. The molecule has 2 rings (SSSR count). The molecular formula is C13H13Br2NO2. The standard InChI is InChI=1S/C13H13Br2NO2/c1-13(7-14,8-15)16-12(17)11-6-9-4-2-3-5-10(9)18-11/h2-6H,7-8H2,1H3,(H,16,17). The maximum atomic E-state index is 12.1. The number of furan rings is 1. The fourth-order valence-corrected chi connectivity index (χ4v) is 2.74. The first-order valence-corrected chi connectivity index (χ1v) is 7.75. The lowest BCUT2D eigenvalue weighted by atomic mass is 10.1. The summed E-state index contributed by atoms with van der Waals surface area (Å²) in [5.41, 5.74) is 0.387. The van der Waals surface area contributed by atoms with E-state index in [1.807, 2.05) is 31.2 Å². The second-order valence-electron chi connectivity index (χ2n) is 4.43. The minimum Gasteiger partial charge on any atom is -0.451 e. The van der Waals surface area contributed by atoms with E-state index in [9.17, 15) is 4.79 Å². The van der Waals surface area contributed by atoms with Gasteiger partial charge < -0.3 is 9.73 Å². The number of carbonyl (C=O) groups excluding carboxylic acids is 1. The van der Waals surface area contributed by atoms with Crippen molar-refractivity contribution < 1.29 is 9.21 Å². The molecule has 0 bridgehead atoms. The van der Waals surface area contributed by atoms with Crippen molar-refractivity contribution in [2.24, 2.45) is 0 Å². The lowest BCUT2D eigenvalue weighted by Crippen LogP contribution is -2.48. The molecule has 1 amide bonds. The van der Waals surface area contributed by atoms with Crippen LogP contribution in [-0.4, -0.2) is 22.1 Å². The lowest BCUT2D eigenvalue weighted by molar-refractivity contribution is 0.0897. The van der Waals surface area contributed by atoms with Crippen LogP contribution in [0, 0.1) is 0 Å². The second-order valence-corrected chi connectivity index (χ2v) is 5.55. The van der Waals surface area contributed by atoms with Crippen LogP contribution in [0.4, 0.5) is 0 Å². The fraction of sp³-hybridized carbons (Fsp3) is 0.308. The number of hydrogen-bond donors (Lipinski definition) is 1. The molecule has 0 aliphatic heterocycles. The van der Waals surface area contributed by atoms with Gasteiger partial charge in [-0.3, -0.25) is 4.79 Å². The Labute approximate surface area is 122 Å². The number of para-hydroxylation sites is 1. The zero-order valence-corrected chi connectivity index (χ0v) is 13.0. The van der Waals surface area contributed by atoms with Crippen LogP contribution in [0.2, 0.25) is 0 Å². The van der Waals surface area contributed by atoms with Gasteiger partial charge in [-0.15, -0.1) is 0 Å². The average Bonchev–Trinajstić information content (AvgIpc) is 2.82. The molecule has 18 heavy (non-hydrogen) atoms. The van der Waals surface area contributed by atoms with Gasteiger partial charge in [0.05, 0.1) is 5.54 Å². The van der Waals surface area contributed by atoms with Crippen molar-refractivity contribution in [2.45, 2.75) is 12.5 Å². The topological polar surface area (TPSA) is 42.2 Å². The summed E-state index contributed by atoms with van der Waals surface area (Å²) >= 11 is 6.79. The summed E-state index contributed by atoms with van der Waals surface area (Å²) in [7, 11) is 0. The summed E-state index contributed by atoms with van der Waals surface area (Å²) in [5.74, 6) is 0.136. The van der Waals surface area contributed by atoms with Crippen molar-refractivity contribution in [3.05, 3.63) is 36.1 Å². The predicted octanol–water partition coefficient (Wildman–Crippen LogP) is 3.71. The smallest absolute Gasteiger partial charge is 0.287 e. The SMILES string of the molecule is CC(CBr)(CBr)NC(=O)c1cc2ccccc2o1. The number of rotatable bonds is 4. The van der Waals surface area contributed by atoms with Crippen LogP contribution in [0.5, 0.6) is 0 Å². The van der Waals surface area contributed by atoms with Crippen LogP contribution in [0.15, 0.2) is 34.7 Å². The van der Waals surface area contributed by atoms with E-state index in [1.165, 1.54) is 0 Å². The molecule has 0 saturated carbocycles. The van der Waals surface area contributed by atoms with E-state index in [1.54, 1.807) is 6.07 Å². The third-order valence-corrected chi connectivity index (χ3v) is 5.13. The largest absolute Gasteiger partial charge is 0.451 e. The summed E-state index contributed by atoms with van der Waals surface area (Å²) in [6.07, 6.45) is 0. The molecule has 0 aliphatic rings. The first kappa shape index (κ1) is 13.6. The van der Waals surface area contributed by atoms with Crippen molar-refractivity contribution in [3.8, 4) is 0 Å². The molecule has 1 heterocycles. The van der Waals surface area contributed by atoms with Crippen molar-refractivity contribution >= 4 is 48.7 Å². The third-order valence-electron chi connectivity index (χ3n) is 2.65. The third kappa shape index (κ3) is 2.78. The highest BCUT2D eigenvalue weighted by atomic mass is 79.9. The summed E-state index contributed by atoms with van der Waals surface area (Å²) < 4.78 is 5.52. The molecule has 96 valence electrons. The highest BCUT2D eigenvalue weighted by molar-refractivity contribution is 9.09. The van der Waals surface area contributed by atoms with Gasteiger partial charge in [-0.1, -0.05) is 50.1 Å². The molecule has 2 aromatic rings. The number of halogens is 2. The number of alkyl halides is 2. The monoisotopic (exact) mass is 373 g/mol. The molecule has 0 atom stereocenters. The van der Waals surface area contributed by atoms with Gasteiger partial charge in [-0.25, -0.2) is 0 Å². The van der Waals surface area contributed by atoms with Crippen LogP contribution >= 0.6 is 31.9 Å². The lowest BCUT2D eigenvalue weighted by Gasteiger charge is -2.25. The number of benzene rings is 1. The van der Waals surface area contributed by atoms with E-state index in [0.717, 1.165) is 11.0 Å². The molecule has 0 unspecified atom stereocenters. The van der Waals surface area contributed by atoms with Gasteiger partial charge in [0, 0.05) is 16.0 Å². The van der Waals surface area contributed by atoms with Crippen molar-refractivity contribution in [1.82, 2.24) is 5.32 Å². The molecule has 0 aliphatic carbocycles. The van der Waals surface area contributed by atoms with E-state index < -0.39 is 0 Å². The van der Waals surface area contributed by atoms with Crippen molar-refractivity contribution in [2.75, 3.05) is 10.7 Å². The summed E-state index contributed by atoms with van der Waals surface area (Å²) in [6, 6.07) is 9.33. The Morgan fingerprint density at radius 1 is 1.33 bits per heavy atom. The van der Waals surface area contributed by atoms with Gasteiger partial charge in [-0.2, -0.15) is 0 Å². The van der Waals surface area contributed by atoms with Crippen LogP contribution in [-0.2, 0) is 0 Å². The molecule has 3 nitrogen and oxygen atoms in total. The van der Waals surface area contributed by atoms with E-state index in [0.29, 0.717) is 16.4 Å². The van der Waals surface area contributed by atoms with Crippen molar-refractivity contribution in [3.63, 3.8) is 0 Å². The molecule has 1 aromatic carbocycles. The summed E-state index contributed by atoms with van der Waals surface area (Å²) in [6.45, 7) is 1.96. The Hall–Kier alpha value is -0.810. The number of nitrogens with one attached hydrogen (secondary N) is 1. The van der Waals surface area contributed by atoms with Crippen LogP contribution in [0.3, 0.4) is 0 Å². The van der Waals surface area contributed by atoms with Gasteiger partial charge in [0.1, 0.15) is 5.58 Å². The van der Waals surface area contributed by atoms with Gasteiger partial charge in [-0.05, 0) is 19.1 Å². The Bertz CT molecular complexity index is 528. The number of carbonyl (C=O) groups is 1. The highest BCUT2D eigenvalue weighted by Gasteiger charge is 2.25. The van der Waals surface area contributed by atoms with Crippen LogP contribution in [0.1, 0.15) is 17.5 Å². The maximum absolute atomic E-state index is 12.1. The van der Waals surface area contributed by atoms with Crippen molar-refractivity contribution in [1.29, 1.82) is 0 Å². The van der Waals surface area contributed by atoms with E-state index in [2.05, 4.69) is 37.2 Å². The average molecular weight is 375 g/mol. The zero-order valence-electron chi connectivity index (χ0n) is 9.87. The fourth-order valence-electron chi connectivity index (χ4n) is 1.53. The molecule has 5 heteroatoms. The predicted molar refractivity (Wildman–Crippen MR) is 79.7 cm³/mol. The Kier molecular flexibility index (Phi) is 4.12. The first-order chi connectivity index (χ1) is 8.58. The quantitative estimate of drug-likeness (QED) is 0.829. The summed E-state index contributed by atoms with van der Waals surface area (Å²) in [4.78, 5) is 12.1. The molecular weight excluding hydrogens is 362 g/mol. The van der Waals surface area contributed by atoms with E-state index >= 15 is 0 Å². The normalized spacial score (nSPS) is 11.7. The molecule has 1 N–H and O–H groups in total. The number of fused-ring (bicyclic) bond motifs is 1. The second kappa shape index (κ2) is 5.45. The molecule has 0 saturated heterocycles. The first-order valence-electron chi connectivity index (χ1n) is 5.51. The van der Waals surface area contributed by atoms with Gasteiger partial charge in [0.25, 0.3) is 5.91 Å². The zero-order chi connectivity index (χ0) is 13.2.